The van der Waals surface area contributed by atoms with Gasteiger partial charge in [0.2, 0.25) is 0 Å². The molecule has 0 spiro atoms. The minimum Gasteiger partial charge on any atom is -0.380 e. The largest absolute Gasteiger partial charge is 0.380 e. The number of nitrogens with one attached hydrogen (secondary N) is 1. The number of ether oxygens (including phenoxy) is 1. The first-order chi connectivity index (χ1) is 8.58. The number of nitrogens with zero attached hydrogens (tertiary/aromatic N) is 1. The van der Waals surface area contributed by atoms with E-state index in [-0.39, 0.29) is 10.8 Å². The normalized spacial score (nSPS) is 18.4. The molecule has 1 aromatic heterocycles. The van der Waals surface area contributed by atoms with Crippen LogP contribution in [0.15, 0.2) is 24.5 Å². The minimum absolute atomic E-state index is 0.0780. The molecule has 2 heterocycles. The van der Waals surface area contributed by atoms with Gasteiger partial charge < -0.3 is 15.8 Å². The number of nitrogens with two attached hydrogens (primary N) is 1. The lowest BCUT2D eigenvalue weighted by Gasteiger charge is -2.41. The van der Waals surface area contributed by atoms with Gasteiger partial charge in [-0.3, -0.25) is 4.98 Å². The number of aromatic nitrogens is 1. The first kappa shape index (κ1) is 13.5. The van der Waals surface area contributed by atoms with Gasteiger partial charge in [0.1, 0.15) is 0 Å². The molecule has 1 fully saturated rings. The Morgan fingerprint density at radius 1 is 1.50 bits per heavy atom. The zero-order valence-corrected chi connectivity index (χ0v) is 11.3. The van der Waals surface area contributed by atoms with Crippen LogP contribution in [0.25, 0.3) is 0 Å². The van der Waals surface area contributed by atoms with Gasteiger partial charge in [-0.15, -0.1) is 0 Å². The molecule has 0 radical (unpaired) electrons. The van der Waals surface area contributed by atoms with Crippen molar-refractivity contribution in [2.24, 2.45) is 11.1 Å². The van der Waals surface area contributed by atoms with E-state index in [1.807, 2.05) is 18.5 Å². The second-order valence-electron chi connectivity index (χ2n) is 5.93. The summed E-state index contributed by atoms with van der Waals surface area (Å²) >= 11 is 0. The maximum Gasteiger partial charge on any atom is 0.0569 e. The molecular formula is C14H23N3O. The molecule has 0 unspecified atom stereocenters. The SMILES string of the molecule is CC(C)(CNCC1(CN)COC1)c1cccnc1. The van der Waals surface area contributed by atoms with Gasteiger partial charge in [-0.1, -0.05) is 19.9 Å². The Labute approximate surface area is 109 Å². The molecule has 18 heavy (non-hydrogen) atoms. The fraction of sp³-hybridized carbons (Fsp3) is 0.643. The van der Waals surface area contributed by atoms with Crippen LogP contribution in [-0.2, 0) is 10.2 Å². The molecule has 1 aliphatic heterocycles. The van der Waals surface area contributed by atoms with E-state index >= 15 is 0 Å². The van der Waals surface area contributed by atoms with E-state index < -0.39 is 0 Å². The van der Waals surface area contributed by atoms with Crippen LogP contribution in [0.5, 0.6) is 0 Å². The highest BCUT2D eigenvalue weighted by Crippen LogP contribution is 2.26. The predicted octanol–water partition coefficient (Wildman–Crippen LogP) is 0.924. The first-order valence-corrected chi connectivity index (χ1v) is 6.47. The van der Waals surface area contributed by atoms with Crippen LogP contribution in [-0.4, -0.2) is 37.8 Å². The van der Waals surface area contributed by atoms with Gasteiger partial charge in [0.05, 0.1) is 13.2 Å². The van der Waals surface area contributed by atoms with Gasteiger partial charge in [-0.2, -0.15) is 0 Å². The standard InChI is InChI=1S/C14H23N3O/c1-13(2,12-4-3-5-16-6-12)8-17-9-14(7-15)10-18-11-14/h3-6,17H,7-11,15H2,1-2H3. The summed E-state index contributed by atoms with van der Waals surface area (Å²) in [5, 5.41) is 3.53. The van der Waals surface area contributed by atoms with Crippen LogP contribution < -0.4 is 11.1 Å². The monoisotopic (exact) mass is 249 g/mol. The second kappa shape index (κ2) is 5.34. The van der Waals surface area contributed by atoms with Gasteiger partial charge in [0.25, 0.3) is 0 Å². The van der Waals surface area contributed by atoms with E-state index in [1.165, 1.54) is 5.56 Å². The Hall–Kier alpha value is -0.970. The molecule has 0 bridgehead atoms. The highest BCUT2D eigenvalue weighted by atomic mass is 16.5. The van der Waals surface area contributed by atoms with Crippen molar-refractivity contribution < 1.29 is 4.74 Å². The van der Waals surface area contributed by atoms with Crippen molar-refractivity contribution in [1.29, 1.82) is 0 Å². The molecule has 3 N–H and O–H groups in total. The summed E-state index contributed by atoms with van der Waals surface area (Å²) in [4.78, 5) is 4.18. The lowest BCUT2D eigenvalue weighted by molar-refractivity contribution is -0.105. The molecule has 1 saturated heterocycles. The number of pyridine rings is 1. The van der Waals surface area contributed by atoms with Crippen LogP contribution in [0.2, 0.25) is 0 Å². The second-order valence-corrected chi connectivity index (χ2v) is 5.93. The van der Waals surface area contributed by atoms with Gasteiger partial charge in [0, 0.05) is 42.9 Å². The third-order valence-corrected chi connectivity index (χ3v) is 3.76. The van der Waals surface area contributed by atoms with Crippen molar-refractivity contribution in [2.75, 3.05) is 32.8 Å². The van der Waals surface area contributed by atoms with Crippen LogP contribution in [0, 0.1) is 5.41 Å². The molecule has 4 heteroatoms. The zero-order chi connectivity index (χ0) is 13.1. The lowest BCUT2D eigenvalue weighted by atomic mass is 9.83. The van der Waals surface area contributed by atoms with E-state index in [0.717, 1.165) is 26.3 Å². The Morgan fingerprint density at radius 3 is 2.78 bits per heavy atom. The highest BCUT2D eigenvalue weighted by Gasteiger charge is 2.37. The van der Waals surface area contributed by atoms with E-state index in [2.05, 4.69) is 30.2 Å². The molecule has 100 valence electrons. The van der Waals surface area contributed by atoms with Crippen molar-refractivity contribution in [3.05, 3.63) is 30.1 Å². The fourth-order valence-electron chi connectivity index (χ4n) is 2.19. The summed E-state index contributed by atoms with van der Waals surface area (Å²) in [7, 11) is 0. The molecular weight excluding hydrogens is 226 g/mol. The highest BCUT2D eigenvalue weighted by molar-refractivity contribution is 5.19. The van der Waals surface area contributed by atoms with E-state index in [9.17, 15) is 0 Å². The molecule has 0 aromatic carbocycles. The fourth-order valence-corrected chi connectivity index (χ4v) is 2.19. The zero-order valence-electron chi connectivity index (χ0n) is 11.3. The maximum absolute atomic E-state index is 5.80. The summed E-state index contributed by atoms with van der Waals surface area (Å²) < 4.78 is 5.27. The van der Waals surface area contributed by atoms with E-state index in [4.69, 9.17) is 10.5 Å². The molecule has 0 aliphatic carbocycles. The van der Waals surface area contributed by atoms with Crippen LogP contribution >= 0.6 is 0 Å². The predicted molar refractivity (Wildman–Crippen MR) is 72.4 cm³/mol. The molecule has 4 nitrogen and oxygen atoms in total. The number of hydrogen-bond acceptors (Lipinski definition) is 4. The van der Waals surface area contributed by atoms with Gasteiger partial charge in [-0.25, -0.2) is 0 Å². The van der Waals surface area contributed by atoms with Crippen molar-refractivity contribution in [1.82, 2.24) is 10.3 Å². The average Bonchev–Trinajstić information content (AvgIpc) is 2.34. The van der Waals surface area contributed by atoms with Crippen LogP contribution in [0.1, 0.15) is 19.4 Å². The Bertz CT molecular complexity index is 368. The van der Waals surface area contributed by atoms with Crippen molar-refractivity contribution in [3.63, 3.8) is 0 Å². The summed E-state index contributed by atoms with van der Waals surface area (Å²) in [6.07, 6.45) is 3.75. The molecule has 0 amide bonds. The van der Waals surface area contributed by atoms with Crippen molar-refractivity contribution in [3.8, 4) is 0 Å². The number of hydrogen-bond donors (Lipinski definition) is 2. The Balaban J connectivity index is 1.86. The van der Waals surface area contributed by atoms with E-state index in [1.54, 1.807) is 0 Å². The molecule has 0 saturated carbocycles. The minimum atomic E-state index is 0.0780. The van der Waals surface area contributed by atoms with Gasteiger partial charge in [0.15, 0.2) is 0 Å². The summed E-state index contributed by atoms with van der Waals surface area (Å²) in [5.74, 6) is 0. The van der Waals surface area contributed by atoms with Gasteiger partial charge >= 0.3 is 0 Å². The van der Waals surface area contributed by atoms with E-state index in [0.29, 0.717) is 6.54 Å². The third kappa shape index (κ3) is 2.88. The topological polar surface area (TPSA) is 60.2 Å². The Kier molecular flexibility index (Phi) is 4.00. The lowest BCUT2D eigenvalue weighted by Crippen LogP contribution is -2.55. The third-order valence-electron chi connectivity index (χ3n) is 3.76. The first-order valence-electron chi connectivity index (χ1n) is 6.47. The summed E-state index contributed by atoms with van der Waals surface area (Å²) in [5.41, 5.74) is 7.29. The van der Waals surface area contributed by atoms with Gasteiger partial charge in [-0.05, 0) is 11.6 Å². The van der Waals surface area contributed by atoms with Crippen molar-refractivity contribution >= 4 is 0 Å². The molecule has 2 rings (SSSR count). The van der Waals surface area contributed by atoms with Crippen LogP contribution in [0.3, 0.4) is 0 Å². The summed E-state index contributed by atoms with van der Waals surface area (Å²) in [6.45, 7) is 8.54. The molecule has 1 aromatic rings. The Morgan fingerprint density at radius 2 is 2.28 bits per heavy atom. The van der Waals surface area contributed by atoms with Crippen molar-refractivity contribution in [2.45, 2.75) is 19.3 Å². The molecule has 0 atom stereocenters. The smallest absolute Gasteiger partial charge is 0.0569 e. The van der Waals surface area contributed by atoms with Crippen LogP contribution in [0.4, 0.5) is 0 Å². The average molecular weight is 249 g/mol. The maximum atomic E-state index is 5.80. The summed E-state index contributed by atoms with van der Waals surface area (Å²) in [6, 6.07) is 4.11. The number of rotatable bonds is 6. The molecule has 1 aliphatic rings. The quantitative estimate of drug-likeness (QED) is 0.787.